The molecule has 2 heterocycles. The summed E-state index contributed by atoms with van der Waals surface area (Å²) in [5.41, 5.74) is 5.47. The quantitative estimate of drug-likeness (QED) is 0.458. The van der Waals surface area contributed by atoms with Crippen LogP contribution < -0.4 is 5.32 Å². The smallest absolute Gasteiger partial charge is 0.312 e. The average molecular weight is 425 g/mol. The third kappa shape index (κ3) is 4.50. The van der Waals surface area contributed by atoms with E-state index in [1.165, 1.54) is 15.8 Å². The Morgan fingerprint density at radius 1 is 1.06 bits per heavy atom. The topological polar surface area (TPSA) is 108 Å². The van der Waals surface area contributed by atoms with Crippen LogP contribution in [0.2, 0.25) is 0 Å². The van der Waals surface area contributed by atoms with E-state index in [1.807, 2.05) is 30.7 Å². The highest BCUT2D eigenvalue weighted by Crippen LogP contribution is 2.24. The normalized spacial score (nSPS) is 12.1. The van der Waals surface area contributed by atoms with Crippen LogP contribution >= 0.6 is 0 Å². The number of amides is 1. The number of nitrogens with one attached hydrogen (secondary N) is 1. The Labute approximate surface area is 181 Å². The van der Waals surface area contributed by atoms with E-state index in [0.717, 1.165) is 11.4 Å². The van der Waals surface area contributed by atoms with Crippen molar-refractivity contribution >= 4 is 17.3 Å². The fraction of sp³-hybridized carbons (Fsp3) is 0.409. The molecular formula is C22H28N6O3. The third-order valence-corrected chi connectivity index (χ3v) is 5.63. The predicted octanol–water partition coefficient (Wildman–Crippen LogP) is 3.85. The fourth-order valence-corrected chi connectivity index (χ4v) is 3.70. The van der Waals surface area contributed by atoms with Gasteiger partial charge in [-0.05, 0) is 45.7 Å². The molecule has 1 amide bonds. The molecule has 9 nitrogen and oxygen atoms in total. The van der Waals surface area contributed by atoms with E-state index in [9.17, 15) is 14.9 Å². The van der Waals surface area contributed by atoms with Gasteiger partial charge in [-0.25, -0.2) is 0 Å². The Bertz CT molecular complexity index is 1140. The van der Waals surface area contributed by atoms with Crippen LogP contribution in [0.15, 0.2) is 24.3 Å². The highest BCUT2D eigenvalue weighted by Gasteiger charge is 2.25. The second kappa shape index (κ2) is 8.71. The average Bonchev–Trinajstić information content (AvgIpc) is 3.12. The number of rotatable bonds is 7. The van der Waals surface area contributed by atoms with Crippen LogP contribution in [0.1, 0.15) is 40.8 Å². The van der Waals surface area contributed by atoms with Crippen LogP contribution in [0.5, 0.6) is 0 Å². The van der Waals surface area contributed by atoms with E-state index in [1.54, 1.807) is 20.8 Å². The van der Waals surface area contributed by atoms with Crippen LogP contribution in [0.25, 0.3) is 0 Å². The van der Waals surface area contributed by atoms with Crippen LogP contribution in [0.4, 0.5) is 11.4 Å². The molecule has 2 aromatic heterocycles. The van der Waals surface area contributed by atoms with Gasteiger partial charge in [0.25, 0.3) is 0 Å². The van der Waals surface area contributed by atoms with Gasteiger partial charge in [-0.1, -0.05) is 31.2 Å². The van der Waals surface area contributed by atoms with E-state index in [2.05, 4.69) is 34.6 Å². The zero-order valence-corrected chi connectivity index (χ0v) is 18.8. The molecule has 0 saturated carbocycles. The van der Waals surface area contributed by atoms with Gasteiger partial charge in [0.1, 0.15) is 11.4 Å². The highest BCUT2D eigenvalue weighted by molar-refractivity contribution is 5.93. The maximum atomic E-state index is 12.9. The van der Waals surface area contributed by atoms with E-state index < -0.39 is 10.8 Å². The molecule has 1 unspecified atom stereocenters. The Morgan fingerprint density at radius 2 is 1.71 bits per heavy atom. The minimum absolute atomic E-state index is 0.00298. The number of anilines is 1. The standard InChI is InChI=1S/C22H28N6O3/c1-13-9-7-8-10-19(13)12-27-17(5)20(15(3)24-27)23-22(29)14(2)11-26-18(6)21(28(30)31)16(4)25-26/h7-10,14H,11-12H2,1-6H3,(H,23,29). The summed E-state index contributed by atoms with van der Waals surface area (Å²) < 4.78 is 3.42. The monoisotopic (exact) mass is 424 g/mol. The maximum Gasteiger partial charge on any atom is 0.312 e. The number of nitro groups is 1. The van der Waals surface area contributed by atoms with Gasteiger partial charge in [0.2, 0.25) is 5.91 Å². The summed E-state index contributed by atoms with van der Waals surface area (Å²) in [5, 5.41) is 23.0. The molecule has 0 radical (unpaired) electrons. The molecule has 1 aromatic carbocycles. The summed E-state index contributed by atoms with van der Waals surface area (Å²) >= 11 is 0. The molecular weight excluding hydrogens is 396 g/mol. The maximum absolute atomic E-state index is 12.9. The summed E-state index contributed by atoms with van der Waals surface area (Å²) in [4.78, 5) is 23.6. The van der Waals surface area contributed by atoms with Crippen molar-refractivity contribution in [2.24, 2.45) is 5.92 Å². The molecule has 0 aliphatic rings. The Balaban J connectivity index is 1.75. The van der Waals surface area contributed by atoms with E-state index >= 15 is 0 Å². The summed E-state index contributed by atoms with van der Waals surface area (Å²) in [5.74, 6) is -0.618. The first-order chi connectivity index (χ1) is 14.6. The number of benzene rings is 1. The number of hydrogen-bond donors (Lipinski definition) is 1. The second-order valence-electron chi connectivity index (χ2n) is 7.98. The van der Waals surface area contributed by atoms with Crippen LogP contribution in [0, 0.1) is 50.7 Å². The molecule has 0 aliphatic heterocycles. The molecule has 164 valence electrons. The van der Waals surface area contributed by atoms with Crippen molar-refractivity contribution in [2.45, 2.75) is 54.6 Å². The van der Waals surface area contributed by atoms with Crippen molar-refractivity contribution in [1.82, 2.24) is 19.6 Å². The lowest BCUT2D eigenvalue weighted by Crippen LogP contribution is -2.25. The SMILES string of the molecule is Cc1ccccc1Cn1nc(C)c(NC(=O)C(C)Cn2nc(C)c([N+](=O)[O-])c2C)c1C. The largest absolute Gasteiger partial charge is 0.323 e. The minimum Gasteiger partial charge on any atom is -0.323 e. The second-order valence-corrected chi connectivity index (χ2v) is 7.98. The van der Waals surface area contributed by atoms with Crippen molar-refractivity contribution < 1.29 is 9.72 Å². The molecule has 1 atom stereocenters. The summed E-state index contributed by atoms with van der Waals surface area (Å²) in [6, 6.07) is 8.14. The van der Waals surface area contributed by atoms with Crippen LogP contribution in [-0.4, -0.2) is 30.4 Å². The molecule has 0 fully saturated rings. The molecule has 9 heteroatoms. The van der Waals surface area contributed by atoms with Crippen LogP contribution in [0.3, 0.4) is 0 Å². The zero-order valence-electron chi connectivity index (χ0n) is 18.8. The van der Waals surface area contributed by atoms with E-state index in [-0.39, 0.29) is 18.1 Å². The highest BCUT2D eigenvalue weighted by atomic mass is 16.6. The van der Waals surface area contributed by atoms with Gasteiger partial charge in [-0.15, -0.1) is 0 Å². The molecule has 0 bridgehead atoms. The molecule has 0 aliphatic carbocycles. The summed E-state index contributed by atoms with van der Waals surface area (Å²) in [7, 11) is 0. The number of aromatic nitrogens is 4. The van der Waals surface area contributed by atoms with Gasteiger partial charge in [0.05, 0.1) is 41.0 Å². The number of carbonyl (C=O) groups excluding carboxylic acids is 1. The van der Waals surface area contributed by atoms with E-state index in [4.69, 9.17) is 0 Å². The first kappa shape index (κ1) is 22.2. The first-order valence-electron chi connectivity index (χ1n) is 10.2. The van der Waals surface area contributed by atoms with Crippen molar-refractivity contribution in [1.29, 1.82) is 0 Å². The lowest BCUT2D eigenvalue weighted by Gasteiger charge is -2.14. The lowest BCUT2D eigenvalue weighted by atomic mass is 10.1. The van der Waals surface area contributed by atoms with Gasteiger partial charge in [-0.3, -0.25) is 24.3 Å². The minimum atomic E-state index is -0.436. The predicted molar refractivity (Wildman–Crippen MR) is 118 cm³/mol. The summed E-state index contributed by atoms with van der Waals surface area (Å²) in [6.45, 7) is 11.8. The Morgan fingerprint density at radius 3 is 2.32 bits per heavy atom. The number of nitrogens with zero attached hydrogens (tertiary/aromatic N) is 5. The van der Waals surface area contributed by atoms with Crippen molar-refractivity contribution in [3.63, 3.8) is 0 Å². The van der Waals surface area contributed by atoms with Gasteiger partial charge < -0.3 is 5.32 Å². The van der Waals surface area contributed by atoms with Crippen molar-refractivity contribution in [3.8, 4) is 0 Å². The first-order valence-corrected chi connectivity index (χ1v) is 10.2. The zero-order chi connectivity index (χ0) is 22.9. The summed E-state index contributed by atoms with van der Waals surface area (Å²) in [6.07, 6.45) is 0. The van der Waals surface area contributed by atoms with Gasteiger partial charge in [-0.2, -0.15) is 10.2 Å². The van der Waals surface area contributed by atoms with Crippen LogP contribution in [-0.2, 0) is 17.9 Å². The molecule has 0 saturated heterocycles. The fourth-order valence-electron chi connectivity index (χ4n) is 3.70. The van der Waals surface area contributed by atoms with Gasteiger partial charge in [0.15, 0.2) is 0 Å². The number of carbonyl (C=O) groups is 1. The molecule has 1 N–H and O–H groups in total. The van der Waals surface area contributed by atoms with Crippen molar-refractivity contribution in [3.05, 3.63) is 68.3 Å². The molecule has 0 spiro atoms. The number of hydrogen-bond acceptors (Lipinski definition) is 5. The molecule has 3 aromatic rings. The lowest BCUT2D eigenvalue weighted by molar-refractivity contribution is -0.386. The van der Waals surface area contributed by atoms with Gasteiger partial charge in [0, 0.05) is 0 Å². The Kier molecular flexibility index (Phi) is 6.24. The number of aryl methyl sites for hydroxylation is 3. The van der Waals surface area contributed by atoms with Crippen molar-refractivity contribution in [2.75, 3.05) is 5.32 Å². The van der Waals surface area contributed by atoms with E-state index in [0.29, 0.717) is 23.6 Å². The molecule has 3 rings (SSSR count). The molecule has 31 heavy (non-hydrogen) atoms. The van der Waals surface area contributed by atoms with Gasteiger partial charge >= 0.3 is 5.69 Å². The Hall–Kier alpha value is -3.49. The third-order valence-electron chi connectivity index (χ3n) is 5.63.